The number of hydrogen-bond donors (Lipinski definition) is 4. The van der Waals surface area contributed by atoms with Crippen LogP contribution in [-0.2, 0) is 14.8 Å². The Balaban J connectivity index is 0.000000588. The molecular formula is C37H44F3N7O5S2. The van der Waals surface area contributed by atoms with Crippen molar-refractivity contribution in [3.05, 3.63) is 71.0 Å². The number of nitrogens with zero attached hydrogens (tertiary/aromatic N) is 4. The zero-order valence-electron chi connectivity index (χ0n) is 29.6. The maximum absolute atomic E-state index is 13.8. The van der Waals surface area contributed by atoms with Gasteiger partial charge in [-0.1, -0.05) is 30.3 Å². The normalized spacial score (nSPS) is 23.1. The van der Waals surface area contributed by atoms with Crippen LogP contribution in [0.4, 0.5) is 24.7 Å². The Labute approximate surface area is 315 Å². The highest BCUT2D eigenvalue weighted by Gasteiger charge is 2.48. The minimum absolute atomic E-state index is 0.0369. The molecule has 290 valence electrons. The first-order valence-electron chi connectivity index (χ1n) is 18.3. The van der Waals surface area contributed by atoms with Gasteiger partial charge in [-0.3, -0.25) is 9.69 Å². The fraction of sp³-hybridized carbons (Fsp3) is 0.486. The fourth-order valence-electron chi connectivity index (χ4n) is 8.14. The number of sulfonamides is 1. The smallest absolute Gasteiger partial charge is 0.475 e. The molecule has 1 spiro atoms. The average molecular weight is 788 g/mol. The third-order valence-corrected chi connectivity index (χ3v) is 13.9. The summed E-state index contributed by atoms with van der Waals surface area (Å²) in [6.45, 7) is 6.80. The number of halogens is 3. The maximum atomic E-state index is 13.8. The fourth-order valence-corrected chi connectivity index (χ4v) is 10.7. The third kappa shape index (κ3) is 8.29. The van der Waals surface area contributed by atoms with Crippen LogP contribution in [0.2, 0.25) is 0 Å². The van der Waals surface area contributed by atoms with Gasteiger partial charge in [-0.25, -0.2) is 18.2 Å². The van der Waals surface area contributed by atoms with Crippen molar-refractivity contribution in [3.63, 3.8) is 0 Å². The topological polar surface area (TPSA) is 151 Å². The largest absolute Gasteiger partial charge is 0.490 e. The molecule has 4 fully saturated rings. The number of nitrogens with one attached hydrogen (secondary N) is 3. The van der Waals surface area contributed by atoms with Gasteiger partial charge >= 0.3 is 12.1 Å². The van der Waals surface area contributed by atoms with Crippen molar-refractivity contribution < 1.29 is 31.5 Å². The van der Waals surface area contributed by atoms with E-state index in [-0.39, 0.29) is 17.0 Å². The summed E-state index contributed by atoms with van der Waals surface area (Å²) in [5.41, 5.74) is 2.33. The van der Waals surface area contributed by atoms with E-state index in [0.717, 1.165) is 105 Å². The molecule has 4 aliphatic heterocycles. The molecule has 4 saturated heterocycles. The van der Waals surface area contributed by atoms with E-state index in [2.05, 4.69) is 37.6 Å². The highest BCUT2D eigenvalue weighted by Crippen LogP contribution is 2.43. The Kier molecular flexibility index (Phi) is 11.1. The van der Waals surface area contributed by atoms with Crippen LogP contribution >= 0.6 is 11.3 Å². The Morgan fingerprint density at radius 1 is 0.981 bits per heavy atom. The summed E-state index contributed by atoms with van der Waals surface area (Å²) in [7, 11) is -3.46. The molecule has 4 aliphatic rings. The molecule has 0 aliphatic carbocycles. The van der Waals surface area contributed by atoms with Crippen LogP contribution in [0.5, 0.6) is 0 Å². The molecular weight excluding hydrogens is 744 g/mol. The maximum Gasteiger partial charge on any atom is 0.490 e. The number of pyridine rings is 1. The first-order chi connectivity index (χ1) is 25.8. The first kappa shape index (κ1) is 38.3. The van der Waals surface area contributed by atoms with E-state index < -0.39 is 22.2 Å². The van der Waals surface area contributed by atoms with Crippen molar-refractivity contribution in [3.8, 4) is 10.6 Å². The summed E-state index contributed by atoms with van der Waals surface area (Å²) in [6.07, 6.45) is 1.07. The standard InChI is InChI=1S/C35H43N7O3S2.C2HF3O2/c43-33-32(34-38-28-10-4-5-11-30(28)46-34)29(37-25-7-6-16-36-22-25)21-31(39-33)40-17-12-26(13-18-40)41-19-14-35(23-41)15-20-42(24-35)47(44,45)27-8-2-1-3-9-27;3-2(4,5)1(6)7/h1-5,8-11,21,25-26,36H,6-7,12-20,22-24H2,(H2,37,39,43);(H,6,7)/t25-,35?;/m1./s1. The number of carboxylic acid groups (broad SMARTS) is 1. The summed E-state index contributed by atoms with van der Waals surface area (Å²) in [6, 6.07) is 19.7. The Bertz CT molecular complexity index is 2080. The highest BCUT2D eigenvalue weighted by atomic mass is 32.2. The van der Waals surface area contributed by atoms with Gasteiger partial charge in [0, 0.05) is 57.4 Å². The quantitative estimate of drug-likeness (QED) is 0.197. The van der Waals surface area contributed by atoms with E-state index in [4.69, 9.17) is 14.9 Å². The second-order valence-electron chi connectivity index (χ2n) is 14.6. The molecule has 12 nitrogen and oxygen atoms in total. The number of aromatic nitrogens is 2. The van der Waals surface area contributed by atoms with E-state index >= 15 is 0 Å². The third-order valence-electron chi connectivity index (χ3n) is 11.0. The van der Waals surface area contributed by atoms with Crippen LogP contribution in [0.25, 0.3) is 20.8 Å². The molecule has 0 radical (unpaired) electrons. The number of fused-ring (bicyclic) bond motifs is 1. The summed E-state index contributed by atoms with van der Waals surface area (Å²) in [4.78, 5) is 36.1. The molecule has 6 heterocycles. The van der Waals surface area contributed by atoms with Crippen LogP contribution in [0, 0.1) is 5.41 Å². The molecule has 17 heteroatoms. The zero-order valence-corrected chi connectivity index (χ0v) is 31.3. The predicted molar refractivity (Wildman–Crippen MR) is 203 cm³/mol. The summed E-state index contributed by atoms with van der Waals surface area (Å²) in [5, 5.41) is 15.1. The van der Waals surface area contributed by atoms with Gasteiger partial charge < -0.3 is 25.6 Å². The first-order valence-corrected chi connectivity index (χ1v) is 20.5. The molecule has 4 N–H and O–H groups in total. The van der Waals surface area contributed by atoms with Gasteiger partial charge in [-0.2, -0.15) is 17.5 Å². The van der Waals surface area contributed by atoms with Crippen molar-refractivity contribution in [1.29, 1.82) is 0 Å². The second kappa shape index (κ2) is 15.6. The van der Waals surface area contributed by atoms with Gasteiger partial charge in [0.1, 0.15) is 10.8 Å². The van der Waals surface area contributed by atoms with Gasteiger partial charge in [-0.15, -0.1) is 11.3 Å². The van der Waals surface area contributed by atoms with Crippen LogP contribution in [0.1, 0.15) is 38.5 Å². The number of thiazole rings is 1. The lowest BCUT2D eigenvalue weighted by Gasteiger charge is -2.38. The van der Waals surface area contributed by atoms with Crippen molar-refractivity contribution >= 4 is 49.1 Å². The number of H-pyrrole nitrogens is 1. The second-order valence-corrected chi connectivity index (χ2v) is 17.6. The van der Waals surface area contributed by atoms with Crippen molar-refractivity contribution in [1.82, 2.24) is 24.5 Å². The lowest BCUT2D eigenvalue weighted by Crippen LogP contribution is -2.45. The van der Waals surface area contributed by atoms with Crippen molar-refractivity contribution in [2.24, 2.45) is 5.41 Å². The lowest BCUT2D eigenvalue weighted by molar-refractivity contribution is -0.192. The Morgan fingerprint density at radius 3 is 2.37 bits per heavy atom. The number of para-hydroxylation sites is 1. The van der Waals surface area contributed by atoms with E-state index in [0.29, 0.717) is 29.6 Å². The minimum Gasteiger partial charge on any atom is -0.475 e. The predicted octanol–water partition coefficient (Wildman–Crippen LogP) is 5.20. The molecule has 1 unspecified atom stereocenters. The average Bonchev–Trinajstić information content (AvgIpc) is 3.91. The molecule has 8 rings (SSSR count). The van der Waals surface area contributed by atoms with Gasteiger partial charge in [0.25, 0.3) is 5.56 Å². The van der Waals surface area contributed by atoms with E-state index in [1.165, 1.54) is 0 Å². The van der Waals surface area contributed by atoms with Gasteiger partial charge in [0.05, 0.1) is 26.4 Å². The van der Waals surface area contributed by atoms with Crippen LogP contribution < -0.4 is 21.1 Å². The number of piperidine rings is 2. The summed E-state index contributed by atoms with van der Waals surface area (Å²) in [5.74, 6) is -1.90. The number of alkyl halides is 3. The van der Waals surface area contributed by atoms with Crippen molar-refractivity contribution in [2.45, 2.75) is 61.7 Å². The van der Waals surface area contributed by atoms with E-state index in [1.807, 2.05) is 24.3 Å². The minimum atomic E-state index is -5.08. The zero-order chi connectivity index (χ0) is 38.1. The monoisotopic (exact) mass is 787 g/mol. The Hall–Kier alpha value is -4.03. The van der Waals surface area contributed by atoms with Gasteiger partial charge in [0.2, 0.25) is 10.0 Å². The van der Waals surface area contributed by atoms with Gasteiger partial charge in [-0.05, 0) is 81.3 Å². The number of aromatic amines is 1. The molecule has 2 aromatic carbocycles. The van der Waals surface area contributed by atoms with Crippen LogP contribution in [0.15, 0.2) is 70.4 Å². The van der Waals surface area contributed by atoms with Crippen LogP contribution in [0.3, 0.4) is 0 Å². The molecule has 2 aromatic heterocycles. The number of likely N-dealkylation sites (tertiary alicyclic amines) is 1. The number of carbonyl (C=O) groups is 1. The SMILES string of the molecule is O=C(O)C(F)(F)F.O=c1[nH]c(N2CCC(N3CCC4(CCN(S(=O)(=O)c5ccccc5)C4)C3)CC2)cc(N[C@@H]2CCCNC2)c1-c1nc2ccccc2s1. The molecule has 4 aromatic rings. The molecule has 0 saturated carbocycles. The van der Waals surface area contributed by atoms with Crippen molar-refractivity contribution in [2.75, 3.05) is 62.6 Å². The van der Waals surface area contributed by atoms with E-state index in [9.17, 15) is 26.4 Å². The molecule has 0 bridgehead atoms. The van der Waals surface area contributed by atoms with Crippen LogP contribution in [-0.4, -0.2) is 109 Å². The number of aliphatic carboxylic acids is 1. The number of hydrogen-bond acceptors (Lipinski definition) is 10. The molecule has 0 amide bonds. The summed E-state index contributed by atoms with van der Waals surface area (Å²) < 4.78 is 61.1. The lowest BCUT2D eigenvalue weighted by atomic mass is 9.86. The number of anilines is 2. The molecule has 2 atom stereocenters. The number of benzene rings is 2. The number of carboxylic acids is 1. The highest BCUT2D eigenvalue weighted by molar-refractivity contribution is 7.89. The molecule has 54 heavy (non-hydrogen) atoms. The van der Waals surface area contributed by atoms with E-state index in [1.54, 1.807) is 39.9 Å². The summed E-state index contributed by atoms with van der Waals surface area (Å²) >= 11 is 1.56. The van der Waals surface area contributed by atoms with Gasteiger partial charge in [0.15, 0.2) is 0 Å². The number of rotatable bonds is 7. The Morgan fingerprint density at radius 2 is 1.69 bits per heavy atom.